The fourth-order valence-corrected chi connectivity index (χ4v) is 3.77. The number of fused-ring (bicyclic) bond motifs is 1. The molecule has 2 fully saturated rings. The van der Waals surface area contributed by atoms with Crippen molar-refractivity contribution in [1.29, 1.82) is 5.26 Å². The number of pyridine rings is 2. The van der Waals surface area contributed by atoms with Crippen LogP contribution in [0, 0.1) is 22.7 Å². The quantitative estimate of drug-likeness (QED) is 0.740. The van der Waals surface area contributed by atoms with Crippen molar-refractivity contribution >= 4 is 5.97 Å². The largest absolute Gasteiger partial charge is 0.490 e. The second-order valence-electron chi connectivity index (χ2n) is 7.69. The number of carbonyl (C=O) groups is 1. The van der Waals surface area contributed by atoms with E-state index in [4.69, 9.17) is 24.6 Å². The fraction of sp³-hybridized carbons (Fsp3) is 0.429. The molecule has 0 aliphatic carbocycles. The van der Waals surface area contributed by atoms with Crippen molar-refractivity contribution < 1.29 is 32.5 Å². The van der Waals surface area contributed by atoms with Gasteiger partial charge in [0.25, 0.3) is 0 Å². The maximum absolute atomic E-state index is 10.6. The molecular formula is C21H21F3N4O4. The fourth-order valence-electron chi connectivity index (χ4n) is 3.77. The van der Waals surface area contributed by atoms with Crippen molar-refractivity contribution in [3.8, 4) is 11.9 Å². The molecule has 32 heavy (non-hydrogen) atoms. The van der Waals surface area contributed by atoms with Crippen molar-refractivity contribution in [2.24, 2.45) is 11.3 Å². The summed E-state index contributed by atoms with van der Waals surface area (Å²) in [6.07, 6.45) is 0.184. The van der Waals surface area contributed by atoms with Gasteiger partial charge in [0.05, 0.1) is 25.4 Å². The molecule has 2 aliphatic heterocycles. The lowest BCUT2D eigenvalue weighted by Gasteiger charge is -2.27. The van der Waals surface area contributed by atoms with Crippen LogP contribution in [0.3, 0.4) is 0 Å². The highest BCUT2D eigenvalue weighted by molar-refractivity contribution is 5.73. The van der Waals surface area contributed by atoms with Crippen LogP contribution in [0.2, 0.25) is 0 Å². The number of nitriles is 1. The second kappa shape index (κ2) is 9.93. The smallest absolute Gasteiger partial charge is 0.477 e. The van der Waals surface area contributed by atoms with Crippen molar-refractivity contribution in [3.05, 3.63) is 54.0 Å². The van der Waals surface area contributed by atoms with E-state index >= 15 is 0 Å². The van der Waals surface area contributed by atoms with Gasteiger partial charge in [0.2, 0.25) is 5.88 Å². The third-order valence-corrected chi connectivity index (χ3v) is 5.34. The molecule has 2 aromatic heterocycles. The number of nitrogens with zero attached hydrogens (tertiary/aromatic N) is 4. The molecule has 0 bridgehead atoms. The number of hydrogen-bond donors (Lipinski definition) is 1. The average molecular weight is 450 g/mol. The normalized spacial score (nSPS) is 22.4. The van der Waals surface area contributed by atoms with E-state index < -0.39 is 12.1 Å². The zero-order chi connectivity index (χ0) is 23.2. The van der Waals surface area contributed by atoms with Gasteiger partial charge < -0.3 is 14.6 Å². The molecule has 11 heteroatoms. The first-order chi connectivity index (χ1) is 15.2. The summed E-state index contributed by atoms with van der Waals surface area (Å²) >= 11 is 0. The minimum Gasteiger partial charge on any atom is -0.477 e. The zero-order valence-corrected chi connectivity index (χ0v) is 17.0. The van der Waals surface area contributed by atoms with Gasteiger partial charge in [-0.1, -0.05) is 6.07 Å². The standard InChI is InChI=1S/C19H20N4O2.C2HF3O2/c20-6-15-3-4-18(22-8-15)25-14-19-12-23(10-17(19)11-24-13-19)9-16-2-1-5-21-7-16;3-2(4,5)1(6)7/h1-5,7-8,17H,9-14H2;(H,6,7)/t17-,19+;/m1./s1. The van der Waals surface area contributed by atoms with E-state index in [1.54, 1.807) is 24.5 Å². The van der Waals surface area contributed by atoms with Crippen LogP contribution in [0.25, 0.3) is 0 Å². The highest BCUT2D eigenvalue weighted by Crippen LogP contribution is 2.42. The van der Waals surface area contributed by atoms with E-state index in [2.05, 4.69) is 27.0 Å². The number of hydrogen-bond acceptors (Lipinski definition) is 7. The predicted octanol–water partition coefficient (Wildman–Crippen LogP) is 2.51. The molecule has 0 radical (unpaired) electrons. The number of halogens is 3. The van der Waals surface area contributed by atoms with Gasteiger partial charge in [-0.05, 0) is 17.7 Å². The number of ether oxygens (including phenoxy) is 2. The summed E-state index contributed by atoms with van der Waals surface area (Å²) in [5.41, 5.74) is 1.78. The molecule has 0 unspecified atom stereocenters. The Morgan fingerprint density at radius 2 is 2.16 bits per heavy atom. The van der Waals surface area contributed by atoms with Crippen LogP contribution in [0.4, 0.5) is 13.2 Å². The summed E-state index contributed by atoms with van der Waals surface area (Å²) < 4.78 is 43.4. The van der Waals surface area contributed by atoms with E-state index in [0.29, 0.717) is 24.0 Å². The maximum atomic E-state index is 10.6. The molecule has 0 aromatic carbocycles. The van der Waals surface area contributed by atoms with Crippen molar-refractivity contribution in [2.75, 3.05) is 32.9 Å². The molecule has 0 spiro atoms. The minimum atomic E-state index is -5.08. The summed E-state index contributed by atoms with van der Waals surface area (Å²) in [7, 11) is 0. The Morgan fingerprint density at radius 3 is 2.75 bits per heavy atom. The molecule has 2 aromatic rings. The van der Waals surface area contributed by atoms with Crippen molar-refractivity contribution in [1.82, 2.24) is 14.9 Å². The first-order valence-corrected chi connectivity index (χ1v) is 9.70. The molecule has 8 nitrogen and oxygen atoms in total. The van der Waals surface area contributed by atoms with Crippen LogP contribution in [0.15, 0.2) is 42.9 Å². The molecule has 170 valence electrons. The first kappa shape index (κ1) is 23.4. The predicted molar refractivity (Wildman–Crippen MR) is 104 cm³/mol. The van der Waals surface area contributed by atoms with Gasteiger partial charge >= 0.3 is 12.1 Å². The molecule has 0 saturated carbocycles. The van der Waals surface area contributed by atoms with E-state index in [0.717, 1.165) is 32.8 Å². The van der Waals surface area contributed by atoms with Gasteiger partial charge in [-0.3, -0.25) is 9.88 Å². The SMILES string of the molecule is N#Cc1ccc(OC[C@]23COC[C@H]2CN(Cc2cccnc2)C3)nc1.O=C(O)C(F)(F)F. The number of carboxylic acid groups (broad SMARTS) is 1. The highest BCUT2D eigenvalue weighted by atomic mass is 19.4. The second-order valence-corrected chi connectivity index (χ2v) is 7.69. The lowest BCUT2D eigenvalue weighted by Crippen LogP contribution is -2.37. The number of rotatable bonds is 5. The van der Waals surface area contributed by atoms with Crippen LogP contribution in [0.1, 0.15) is 11.1 Å². The molecule has 4 rings (SSSR count). The summed E-state index contributed by atoms with van der Waals surface area (Å²) in [6, 6.07) is 9.64. The Bertz CT molecular complexity index is 950. The zero-order valence-electron chi connectivity index (χ0n) is 17.0. The number of likely N-dealkylation sites (tertiary alicyclic amines) is 1. The monoisotopic (exact) mass is 450 g/mol. The Balaban J connectivity index is 0.000000360. The molecule has 1 N–H and O–H groups in total. The molecule has 2 atom stereocenters. The average Bonchev–Trinajstić information content (AvgIpc) is 3.30. The molecular weight excluding hydrogens is 429 g/mol. The third kappa shape index (κ3) is 5.93. The number of alkyl halides is 3. The van der Waals surface area contributed by atoms with Crippen LogP contribution in [-0.2, 0) is 16.1 Å². The Labute approximate surface area is 182 Å². The van der Waals surface area contributed by atoms with E-state index in [1.165, 1.54) is 5.56 Å². The Kier molecular flexibility index (Phi) is 7.27. The third-order valence-electron chi connectivity index (χ3n) is 5.34. The molecule has 0 amide bonds. The van der Waals surface area contributed by atoms with Crippen LogP contribution < -0.4 is 4.74 Å². The minimum absolute atomic E-state index is 0.0117. The van der Waals surface area contributed by atoms with E-state index in [-0.39, 0.29) is 5.41 Å². The number of carboxylic acids is 1. The Morgan fingerprint density at radius 1 is 1.38 bits per heavy atom. The van der Waals surface area contributed by atoms with Crippen LogP contribution >= 0.6 is 0 Å². The van der Waals surface area contributed by atoms with Gasteiger partial charge in [-0.25, -0.2) is 9.78 Å². The summed E-state index contributed by atoms with van der Waals surface area (Å²) in [4.78, 5) is 19.8. The van der Waals surface area contributed by atoms with E-state index in [9.17, 15) is 13.2 Å². The van der Waals surface area contributed by atoms with Gasteiger partial charge in [0.15, 0.2) is 0 Å². The summed E-state index contributed by atoms with van der Waals surface area (Å²) in [6.45, 7) is 4.95. The Hall–Kier alpha value is -3.23. The topological polar surface area (TPSA) is 109 Å². The number of aliphatic carboxylic acids is 1. The highest BCUT2D eigenvalue weighted by Gasteiger charge is 2.51. The van der Waals surface area contributed by atoms with Gasteiger partial charge in [-0.15, -0.1) is 0 Å². The van der Waals surface area contributed by atoms with E-state index in [1.807, 2.05) is 12.3 Å². The molecule has 4 heterocycles. The van der Waals surface area contributed by atoms with Gasteiger partial charge in [0.1, 0.15) is 6.07 Å². The summed E-state index contributed by atoms with van der Waals surface area (Å²) in [5, 5.41) is 16.0. The molecule has 2 saturated heterocycles. The van der Waals surface area contributed by atoms with Crippen molar-refractivity contribution in [3.63, 3.8) is 0 Å². The van der Waals surface area contributed by atoms with Gasteiger partial charge in [0, 0.05) is 55.6 Å². The maximum Gasteiger partial charge on any atom is 0.490 e. The lowest BCUT2D eigenvalue weighted by atomic mass is 9.82. The summed E-state index contributed by atoms with van der Waals surface area (Å²) in [5.74, 6) is -1.72. The van der Waals surface area contributed by atoms with Crippen LogP contribution in [0.5, 0.6) is 5.88 Å². The van der Waals surface area contributed by atoms with Crippen molar-refractivity contribution in [2.45, 2.75) is 12.7 Å². The lowest BCUT2D eigenvalue weighted by molar-refractivity contribution is -0.192. The first-order valence-electron chi connectivity index (χ1n) is 9.70. The van der Waals surface area contributed by atoms with Crippen LogP contribution in [-0.4, -0.2) is 65.0 Å². The van der Waals surface area contributed by atoms with Gasteiger partial charge in [-0.2, -0.15) is 18.4 Å². The number of aromatic nitrogens is 2. The molecule has 2 aliphatic rings.